The van der Waals surface area contributed by atoms with Crippen LogP contribution in [0.25, 0.3) is 0 Å². The van der Waals surface area contributed by atoms with Crippen molar-refractivity contribution in [2.75, 3.05) is 13.2 Å². The largest absolute Gasteiger partial charge is 0.388 e. The maximum atomic E-state index is 9.86. The standard InChI is InChI=1S/C25H48O5/c1-18(2)9-6-10-19(3)11-7-12-20(4)13-8-14-21(5)15-16-29-25-24(28)23(27)22(26)17-30-25/h15,18-20,22-28H,6-14,16-17H2,1-5H3/b21-15+. The summed E-state index contributed by atoms with van der Waals surface area (Å²) in [5.74, 6) is 2.46. The second kappa shape index (κ2) is 15.4. The Kier molecular flexibility index (Phi) is 14.1. The lowest BCUT2D eigenvalue weighted by atomic mass is 9.91. The molecule has 1 aliphatic heterocycles. The van der Waals surface area contributed by atoms with Gasteiger partial charge in [0.05, 0.1) is 13.2 Å². The molecule has 1 rings (SSSR count). The molecule has 1 aliphatic rings. The zero-order chi connectivity index (χ0) is 22.5. The number of allylic oxidation sites excluding steroid dienone is 1. The average molecular weight is 429 g/mol. The summed E-state index contributed by atoms with van der Waals surface area (Å²) < 4.78 is 10.8. The maximum absolute atomic E-state index is 9.86. The summed E-state index contributed by atoms with van der Waals surface area (Å²) in [5, 5.41) is 29.0. The lowest BCUT2D eigenvalue weighted by Gasteiger charge is -2.34. The molecular weight excluding hydrogens is 380 g/mol. The van der Waals surface area contributed by atoms with Crippen molar-refractivity contribution >= 4 is 0 Å². The third kappa shape index (κ3) is 11.8. The van der Waals surface area contributed by atoms with E-state index < -0.39 is 24.6 Å². The molecule has 0 saturated carbocycles. The Bertz CT molecular complexity index is 464. The van der Waals surface area contributed by atoms with E-state index in [1.165, 1.54) is 56.9 Å². The quantitative estimate of drug-likeness (QED) is 0.326. The van der Waals surface area contributed by atoms with Gasteiger partial charge in [-0.2, -0.15) is 0 Å². The van der Waals surface area contributed by atoms with Crippen LogP contribution < -0.4 is 0 Å². The Hall–Kier alpha value is -0.460. The minimum Gasteiger partial charge on any atom is -0.388 e. The van der Waals surface area contributed by atoms with Crippen LogP contribution in [0.4, 0.5) is 0 Å². The normalized spacial score (nSPS) is 27.4. The fraction of sp³-hybridized carbons (Fsp3) is 0.920. The molecule has 0 aromatic rings. The van der Waals surface area contributed by atoms with Gasteiger partial charge in [-0.25, -0.2) is 0 Å². The van der Waals surface area contributed by atoms with Gasteiger partial charge in [0, 0.05) is 0 Å². The molecule has 1 heterocycles. The van der Waals surface area contributed by atoms with E-state index in [4.69, 9.17) is 9.47 Å². The first-order valence-electron chi connectivity index (χ1n) is 12.1. The highest BCUT2D eigenvalue weighted by molar-refractivity contribution is 4.98. The topological polar surface area (TPSA) is 79.2 Å². The third-order valence-electron chi connectivity index (χ3n) is 6.29. The molecule has 0 bridgehead atoms. The summed E-state index contributed by atoms with van der Waals surface area (Å²) in [6.07, 6.45) is 9.24. The Balaban J connectivity index is 2.09. The van der Waals surface area contributed by atoms with Crippen LogP contribution in [0.1, 0.15) is 92.4 Å². The molecule has 3 N–H and O–H groups in total. The van der Waals surface area contributed by atoms with Gasteiger partial charge in [-0.3, -0.25) is 0 Å². The molecule has 0 spiro atoms. The van der Waals surface area contributed by atoms with Gasteiger partial charge in [0.1, 0.15) is 18.3 Å². The van der Waals surface area contributed by atoms with E-state index in [0.717, 1.165) is 24.2 Å². The smallest absolute Gasteiger partial charge is 0.186 e. The zero-order valence-corrected chi connectivity index (χ0v) is 20.1. The van der Waals surface area contributed by atoms with Gasteiger partial charge in [-0.05, 0) is 37.5 Å². The lowest BCUT2D eigenvalue weighted by molar-refractivity contribution is -0.266. The average Bonchev–Trinajstić information content (AvgIpc) is 2.67. The fourth-order valence-electron chi connectivity index (χ4n) is 4.02. The van der Waals surface area contributed by atoms with E-state index in [-0.39, 0.29) is 6.61 Å². The summed E-state index contributed by atoms with van der Waals surface area (Å²) in [5.41, 5.74) is 1.27. The molecule has 5 heteroatoms. The van der Waals surface area contributed by atoms with Gasteiger partial charge in [0.15, 0.2) is 6.29 Å². The van der Waals surface area contributed by atoms with Gasteiger partial charge >= 0.3 is 0 Å². The molecule has 0 aromatic heterocycles. The fourth-order valence-corrected chi connectivity index (χ4v) is 4.02. The number of hydrogen-bond acceptors (Lipinski definition) is 5. The van der Waals surface area contributed by atoms with Crippen molar-refractivity contribution in [3.8, 4) is 0 Å². The predicted octanol–water partition coefficient (Wildman–Crippen LogP) is 4.83. The Morgan fingerprint density at radius 1 is 0.900 bits per heavy atom. The monoisotopic (exact) mass is 428 g/mol. The van der Waals surface area contributed by atoms with Crippen LogP contribution in [0.5, 0.6) is 0 Å². The molecule has 1 saturated heterocycles. The number of aliphatic hydroxyl groups is 3. The molecule has 0 aromatic carbocycles. The molecule has 30 heavy (non-hydrogen) atoms. The van der Waals surface area contributed by atoms with Gasteiger partial charge in [0.25, 0.3) is 0 Å². The summed E-state index contributed by atoms with van der Waals surface area (Å²) in [6, 6.07) is 0. The van der Waals surface area contributed by atoms with Crippen molar-refractivity contribution in [2.45, 2.75) is 117 Å². The molecule has 6 unspecified atom stereocenters. The molecule has 178 valence electrons. The van der Waals surface area contributed by atoms with Crippen molar-refractivity contribution in [2.24, 2.45) is 17.8 Å². The van der Waals surface area contributed by atoms with Crippen molar-refractivity contribution in [3.63, 3.8) is 0 Å². The third-order valence-corrected chi connectivity index (χ3v) is 6.29. The molecule has 0 amide bonds. The van der Waals surface area contributed by atoms with Crippen molar-refractivity contribution < 1.29 is 24.8 Å². The minimum absolute atomic E-state index is 0.0276. The predicted molar refractivity (Wildman–Crippen MR) is 122 cm³/mol. The van der Waals surface area contributed by atoms with Gasteiger partial charge in [-0.15, -0.1) is 0 Å². The van der Waals surface area contributed by atoms with Crippen LogP contribution in [0.2, 0.25) is 0 Å². The van der Waals surface area contributed by atoms with E-state index in [1.807, 2.05) is 6.08 Å². The van der Waals surface area contributed by atoms with E-state index in [0.29, 0.717) is 6.61 Å². The van der Waals surface area contributed by atoms with Crippen LogP contribution >= 0.6 is 0 Å². The highest BCUT2D eigenvalue weighted by Crippen LogP contribution is 2.22. The first-order chi connectivity index (χ1) is 14.2. The molecule has 1 fully saturated rings. The van der Waals surface area contributed by atoms with Crippen molar-refractivity contribution in [1.29, 1.82) is 0 Å². The second-order valence-corrected chi connectivity index (χ2v) is 9.99. The lowest BCUT2D eigenvalue weighted by Crippen LogP contribution is -2.53. The molecule has 5 nitrogen and oxygen atoms in total. The second-order valence-electron chi connectivity index (χ2n) is 9.99. The minimum atomic E-state index is -1.22. The number of rotatable bonds is 15. The zero-order valence-electron chi connectivity index (χ0n) is 20.1. The summed E-state index contributed by atoms with van der Waals surface area (Å²) in [4.78, 5) is 0. The molecular formula is C25H48O5. The SMILES string of the molecule is C/C(=C\COC1OCC(O)C(O)C1O)CCCC(C)CCCC(C)CCCC(C)C. The molecule has 6 atom stereocenters. The van der Waals surface area contributed by atoms with E-state index >= 15 is 0 Å². The Labute approximate surface area is 184 Å². The van der Waals surface area contributed by atoms with Crippen molar-refractivity contribution in [1.82, 2.24) is 0 Å². The summed E-state index contributed by atoms with van der Waals surface area (Å²) in [6.45, 7) is 11.8. The van der Waals surface area contributed by atoms with Crippen molar-refractivity contribution in [3.05, 3.63) is 11.6 Å². The van der Waals surface area contributed by atoms with Gasteiger partial charge < -0.3 is 24.8 Å². The Morgan fingerprint density at radius 3 is 2.07 bits per heavy atom. The first-order valence-corrected chi connectivity index (χ1v) is 12.1. The summed E-state index contributed by atoms with van der Waals surface area (Å²) in [7, 11) is 0. The van der Waals surface area contributed by atoms with Crippen LogP contribution in [-0.2, 0) is 9.47 Å². The highest BCUT2D eigenvalue weighted by atomic mass is 16.7. The number of hydrogen-bond donors (Lipinski definition) is 3. The molecule has 0 radical (unpaired) electrons. The van der Waals surface area contributed by atoms with Crippen LogP contribution in [0, 0.1) is 17.8 Å². The van der Waals surface area contributed by atoms with Crippen LogP contribution in [0.15, 0.2) is 11.6 Å². The first kappa shape index (κ1) is 27.6. The number of aliphatic hydroxyl groups excluding tert-OH is 3. The Morgan fingerprint density at radius 2 is 1.47 bits per heavy atom. The van der Waals surface area contributed by atoms with E-state index in [9.17, 15) is 15.3 Å². The maximum Gasteiger partial charge on any atom is 0.186 e. The van der Waals surface area contributed by atoms with Crippen LogP contribution in [0.3, 0.4) is 0 Å². The van der Waals surface area contributed by atoms with Crippen LogP contribution in [-0.4, -0.2) is 53.1 Å². The van der Waals surface area contributed by atoms with E-state index in [2.05, 4.69) is 34.6 Å². The molecule has 0 aliphatic carbocycles. The highest BCUT2D eigenvalue weighted by Gasteiger charge is 2.37. The number of ether oxygens (including phenoxy) is 2. The van der Waals surface area contributed by atoms with Gasteiger partial charge in [0.2, 0.25) is 0 Å². The van der Waals surface area contributed by atoms with Gasteiger partial charge in [-0.1, -0.05) is 84.3 Å². The summed E-state index contributed by atoms with van der Waals surface area (Å²) >= 11 is 0. The van der Waals surface area contributed by atoms with E-state index in [1.54, 1.807) is 0 Å².